The number of nitrogens with one attached hydrogen (secondary N) is 2. The van der Waals surface area contributed by atoms with Crippen molar-refractivity contribution in [1.82, 2.24) is 15.2 Å². The van der Waals surface area contributed by atoms with Gasteiger partial charge in [0.2, 0.25) is 11.0 Å². The van der Waals surface area contributed by atoms with Gasteiger partial charge >= 0.3 is 0 Å². The molecular weight excluding hydrogens is 442 g/mol. The zero-order valence-corrected chi connectivity index (χ0v) is 19.5. The average Bonchev–Trinajstić information content (AvgIpc) is 3.39. The van der Waals surface area contributed by atoms with Crippen LogP contribution in [0, 0.1) is 5.92 Å². The molecule has 3 aromatic rings. The summed E-state index contributed by atoms with van der Waals surface area (Å²) in [7, 11) is 3.21. The lowest BCUT2D eigenvalue weighted by Crippen LogP contribution is -2.13. The number of thiazole rings is 1. The van der Waals surface area contributed by atoms with Gasteiger partial charge in [0.05, 0.1) is 25.7 Å². The van der Waals surface area contributed by atoms with Crippen molar-refractivity contribution in [3.05, 3.63) is 23.6 Å². The summed E-state index contributed by atoms with van der Waals surface area (Å²) < 4.78 is 11.4. The van der Waals surface area contributed by atoms with Crippen LogP contribution in [0.2, 0.25) is 0 Å². The number of anilines is 2. The fraction of sp³-hybridized carbons (Fsp3) is 0.368. The molecule has 0 aliphatic rings. The highest BCUT2D eigenvalue weighted by atomic mass is 32.2. The van der Waals surface area contributed by atoms with Crippen molar-refractivity contribution in [3.63, 3.8) is 0 Å². The molecule has 0 saturated heterocycles. The average molecular weight is 466 g/mol. The van der Waals surface area contributed by atoms with E-state index < -0.39 is 0 Å². The van der Waals surface area contributed by atoms with Crippen LogP contribution in [0.1, 0.15) is 13.8 Å². The molecule has 2 heterocycles. The number of aromatic nitrogens is 3. The maximum atomic E-state index is 12.3. The summed E-state index contributed by atoms with van der Waals surface area (Å²) in [5.41, 5.74) is 1.52. The lowest BCUT2D eigenvalue weighted by molar-refractivity contribution is -0.113. The maximum absolute atomic E-state index is 12.3. The molecule has 2 aromatic heterocycles. The topological polar surface area (TPSA) is 98.3 Å². The Labute approximate surface area is 187 Å². The highest BCUT2D eigenvalue weighted by Gasteiger charge is 2.14. The zero-order chi connectivity index (χ0) is 21.5. The minimum absolute atomic E-state index is 0.148. The first-order valence-corrected chi connectivity index (χ1v) is 11.8. The van der Waals surface area contributed by atoms with Gasteiger partial charge in [-0.05, 0) is 24.1 Å². The van der Waals surface area contributed by atoms with Crippen molar-refractivity contribution >= 4 is 50.6 Å². The number of hydrogen-bond donors (Lipinski definition) is 2. The molecule has 0 aliphatic heterocycles. The fourth-order valence-electron chi connectivity index (χ4n) is 2.38. The van der Waals surface area contributed by atoms with E-state index in [1.807, 2.05) is 23.6 Å². The number of carbonyl (C=O) groups is 1. The van der Waals surface area contributed by atoms with Gasteiger partial charge in [-0.3, -0.25) is 4.79 Å². The number of thioether (sulfide) groups is 1. The van der Waals surface area contributed by atoms with Crippen LogP contribution in [-0.4, -0.2) is 47.6 Å². The largest absolute Gasteiger partial charge is 0.497 e. The molecular formula is C19H23N5O3S3. The molecule has 0 aliphatic carbocycles. The Hall–Kier alpha value is -2.37. The summed E-state index contributed by atoms with van der Waals surface area (Å²) in [6.45, 7) is 5.09. The summed E-state index contributed by atoms with van der Waals surface area (Å²) in [5.74, 6) is 2.00. The van der Waals surface area contributed by atoms with Crippen LogP contribution < -0.4 is 20.1 Å². The van der Waals surface area contributed by atoms with Gasteiger partial charge in [0.1, 0.15) is 11.5 Å². The monoisotopic (exact) mass is 465 g/mol. The number of nitrogens with zero attached hydrogens (tertiary/aromatic N) is 3. The van der Waals surface area contributed by atoms with Crippen molar-refractivity contribution in [1.29, 1.82) is 0 Å². The van der Waals surface area contributed by atoms with Gasteiger partial charge in [0.25, 0.3) is 0 Å². The van der Waals surface area contributed by atoms with Gasteiger partial charge in [-0.2, -0.15) is 0 Å². The summed E-state index contributed by atoms with van der Waals surface area (Å²) in [6, 6.07) is 5.51. The third-order valence-corrected chi connectivity index (χ3v) is 6.60. The summed E-state index contributed by atoms with van der Waals surface area (Å²) >= 11 is 4.15. The van der Waals surface area contributed by atoms with Gasteiger partial charge in [-0.15, -0.1) is 21.5 Å². The number of amides is 1. The Bertz CT molecular complexity index is 989. The first kappa shape index (κ1) is 22.3. The smallest absolute Gasteiger partial charge is 0.236 e. The Balaban J connectivity index is 1.57. The quantitative estimate of drug-likeness (QED) is 0.423. The van der Waals surface area contributed by atoms with Crippen molar-refractivity contribution in [2.45, 2.75) is 18.2 Å². The number of ether oxygens (including phenoxy) is 2. The number of benzene rings is 1. The predicted octanol–water partition coefficient (Wildman–Crippen LogP) is 4.48. The first-order valence-electron chi connectivity index (χ1n) is 9.16. The number of methoxy groups -OCH3 is 2. The Morgan fingerprint density at radius 3 is 2.77 bits per heavy atom. The second-order valence-corrected chi connectivity index (χ2v) is 9.65. The minimum atomic E-state index is -0.148. The van der Waals surface area contributed by atoms with Crippen LogP contribution >= 0.6 is 34.4 Å². The van der Waals surface area contributed by atoms with E-state index in [-0.39, 0.29) is 11.7 Å². The Kier molecular flexibility index (Phi) is 7.88. The molecule has 0 saturated carbocycles. The highest BCUT2D eigenvalue weighted by molar-refractivity contribution is 8.01. The maximum Gasteiger partial charge on any atom is 0.236 e. The molecule has 0 bridgehead atoms. The summed E-state index contributed by atoms with van der Waals surface area (Å²) in [5, 5.41) is 17.4. The van der Waals surface area contributed by atoms with Crippen molar-refractivity contribution in [3.8, 4) is 22.8 Å². The summed E-state index contributed by atoms with van der Waals surface area (Å²) in [6.07, 6.45) is 0. The number of rotatable bonds is 10. The van der Waals surface area contributed by atoms with Crippen molar-refractivity contribution < 1.29 is 14.3 Å². The van der Waals surface area contributed by atoms with E-state index in [9.17, 15) is 4.79 Å². The lowest BCUT2D eigenvalue weighted by atomic mass is 10.1. The molecule has 0 spiro atoms. The predicted molar refractivity (Wildman–Crippen MR) is 123 cm³/mol. The second kappa shape index (κ2) is 10.6. The van der Waals surface area contributed by atoms with Crippen LogP contribution in [0.25, 0.3) is 11.3 Å². The lowest BCUT2D eigenvalue weighted by Gasteiger charge is -2.08. The fourth-order valence-corrected chi connectivity index (χ4v) is 4.67. The molecule has 160 valence electrons. The molecule has 8 nitrogen and oxygen atoms in total. The van der Waals surface area contributed by atoms with E-state index in [1.165, 1.54) is 34.4 Å². The zero-order valence-electron chi connectivity index (χ0n) is 17.1. The normalized spacial score (nSPS) is 10.8. The SMILES string of the molecule is COc1ccc(OC)c(-c2csc(NC(=O)CSc3nnc(NCC(C)C)s3)n2)c1. The Morgan fingerprint density at radius 1 is 1.20 bits per heavy atom. The van der Waals surface area contributed by atoms with Crippen molar-refractivity contribution in [2.75, 3.05) is 37.2 Å². The van der Waals surface area contributed by atoms with E-state index in [0.717, 1.165) is 21.6 Å². The molecule has 0 atom stereocenters. The van der Waals surface area contributed by atoms with E-state index >= 15 is 0 Å². The number of carbonyl (C=O) groups excluding carboxylic acids is 1. The third kappa shape index (κ3) is 6.07. The molecule has 2 N–H and O–H groups in total. The van der Waals surface area contributed by atoms with Crippen LogP contribution in [0.4, 0.5) is 10.3 Å². The molecule has 0 unspecified atom stereocenters. The molecule has 0 fully saturated rings. The van der Waals surface area contributed by atoms with Crippen LogP contribution in [0.15, 0.2) is 27.9 Å². The van der Waals surface area contributed by atoms with Gasteiger partial charge in [-0.25, -0.2) is 4.98 Å². The molecule has 3 rings (SSSR count). The molecule has 1 amide bonds. The van der Waals surface area contributed by atoms with Crippen LogP contribution in [-0.2, 0) is 4.79 Å². The van der Waals surface area contributed by atoms with Gasteiger partial charge < -0.3 is 20.1 Å². The molecule has 11 heteroatoms. The van der Waals surface area contributed by atoms with Crippen LogP contribution in [0.5, 0.6) is 11.5 Å². The first-order chi connectivity index (χ1) is 14.5. The standard InChI is InChI=1S/C19H23N5O3S3/c1-11(2)8-20-17-23-24-19(30-17)29-10-16(25)22-18-21-14(9-28-18)13-7-12(26-3)5-6-15(13)27-4/h5-7,9,11H,8,10H2,1-4H3,(H,20,23)(H,21,22,25). The van der Waals surface area contributed by atoms with E-state index in [0.29, 0.717) is 28.2 Å². The van der Waals surface area contributed by atoms with Gasteiger partial charge in [0.15, 0.2) is 9.47 Å². The summed E-state index contributed by atoms with van der Waals surface area (Å²) in [4.78, 5) is 16.8. The van der Waals surface area contributed by atoms with Gasteiger partial charge in [-0.1, -0.05) is 36.9 Å². The van der Waals surface area contributed by atoms with E-state index in [2.05, 4.69) is 39.7 Å². The van der Waals surface area contributed by atoms with Gasteiger partial charge in [0, 0.05) is 17.5 Å². The van der Waals surface area contributed by atoms with Crippen LogP contribution in [0.3, 0.4) is 0 Å². The molecule has 30 heavy (non-hydrogen) atoms. The molecule has 0 radical (unpaired) electrons. The molecule has 1 aromatic carbocycles. The van der Waals surface area contributed by atoms with E-state index in [1.54, 1.807) is 14.2 Å². The number of hydrogen-bond acceptors (Lipinski definition) is 10. The third-order valence-electron chi connectivity index (χ3n) is 3.83. The highest BCUT2D eigenvalue weighted by Crippen LogP contribution is 2.35. The van der Waals surface area contributed by atoms with Crippen molar-refractivity contribution in [2.24, 2.45) is 5.92 Å². The Morgan fingerprint density at radius 2 is 2.03 bits per heavy atom. The minimum Gasteiger partial charge on any atom is -0.497 e. The van der Waals surface area contributed by atoms with E-state index in [4.69, 9.17) is 9.47 Å². The second-order valence-electron chi connectivity index (χ2n) is 6.59.